The molecule has 1 aromatic heterocycles. The summed E-state index contributed by atoms with van der Waals surface area (Å²) in [5, 5.41) is 13.8. The van der Waals surface area contributed by atoms with Gasteiger partial charge in [0.2, 0.25) is 5.91 Å². The Morgan fingerprint density at radius 3 is 2.43 bits per heavy atom. The van der Waals surface area contributed by atoms with Crippen molar-refractivity contribution in [1.29, 1.82) is 0 Å². The maximum atomic E-state index is 12.9. The molecule has 0 spiro atoms. The highest BCUT2D eigenvalue weighted by molar-refractivity contribution is 5.96. The van der Waals surface area contributed by atoms with Crippen molar-refractivity contribution in [1.82, 2.24) is 15.5 Å². The maximum absolute atomic E-state index is 12.9. The van der Waals surface area contributed by atoms with Crippen LogP contribution in [-0.4, -0.2) is 35.0 Å². The van der Waals surface area contributed by atoms with Crippen LogP contribution in [0.1, 0.15) is 36.0 Å². The second kappa shape index (κ2) is 10.3. The first kappa shape index (κ1) is 21.2. The summed E-state index contributed by atoms with van der Waals surface area (Å²) in [6.07, 6.45) is 1.61. The van der Waals surface area contributed by atoms with Gasteiger partial charge in [0.25, 0.3) is 5.56 Å². The van der Waals surface area contributed by atoms with E-state index in [0.29, 0.717) is 42.7 Å². The summed E-state index contributed by atoms with van der Waals surface area (Å²) in [6.45, 7) is 1.06. The third kappa shape index (κ3) is 5.73. The SMILES string of the molecule is O=C(CCCC(=O)c1ccc(F)cc1)NCCCNc1n[nH]c(=O)c2ccccc12. The van der Waals surface area contributed by atoms with Crippen molar-refractivity contribution >= 4 is 28.3 Å². The number of ketones is 1. The lowest BCUT2D eigenvalue weighted by molar-refractivity contribution is -0.121. The molecule has 0 aliphatic rings. The summed E-state index contributed by atoms with van der Waals surface area (Å²) in [4.78, 5) is 35.7. The number of halogens is 1. The van der Waals surface area contributed by atoms with Crippen LogP contribution in [0.25, 0.3) is 10.8 Å². The summed E-state index contributed by atoms with van der Waals surface area (Å²) in [6, 6.07) is 12.6. The molecule has 0 radical (unpaired) electrons. The Hall–Kier alpha value is -3.55. The van der Waals surface area contributed by atoms with Crippen molar-refractivity contribution in [2.75, 3.05) is 18.4 Å². The summed E-state index contributed by atoms with van der Waals surface area (Å²) in [7, 11) is 0. The molecule has 1 heterocycles. The quantitative estimate of drug-likeness (QED) is 0.352. The Morgan fingerprint density at radius 1 is 0.933 bits per heavy atom. The number of aromatic nitrogens is 2. The molecule has 0 aliphatic carbocycles. The Balaban J connectivity index is 1.33. The minimum atomic E-state index is -0.384. The predicted molar refractivity (Wildman–Crippen MR) is 113 cm³/mol. The second-order valence-electron chi connectivity index (χ2n) is 6.86. The van der Waals surface area contributed by atoms with Gasteiger partial charge in [-0.15, -0.1) is 0 Å². The van der Waals surface area contributed by atoms with E-state index in [1.54, 1.807) is 12.1 Å². The van der Waals surface area contributed by atoms with Gasteiger partial charge in [0.15, 0.2) is 11.6 Å². The van der Waals surface area contributed by atoms with E-state index in [2.05, 4.69) is 20.8 Å². The Bertz CT molecular complexity index is 1080. The number of rotatable bonds is 10. The van der Waals surface area contributed by atoms with Crippen molar-refractivity contribution < 1.29 is 14.0 Å². The van der Waals surface area contributed by atoms with Gasteiger partial charge in [0, 0.05) is 36.9 Å². The van der Waals surface area contributed by atoms with E-state index in [1.165, 1.54) is 24.3 Å². The fourth-order valence-corrected chi connectivity index (χ4v) is 3.05. The monoisotopic (exact) mass is 410 g/mol. The van der Waals surface area contributed by atoms with E-state index in [-0.39, 0.29) is 35.9 Å². The van der Waals surface area contributed by atoms with Gasteiger partial charge in [0.05, 0.1) is 5.39 Å². The number of hydrogen-bond acceptors (Lipinski definition) is 5. The van der Waals surface area contributed by atoms with E-state index in [1.807, 2.05) is 12.1 Å². The largest absolute Gasteiger partial charge is 0.368 e. The molecular weight excluding hydrogens is 387 g/mol. The van der Waals surface area contributed by atoms with E-state index in [9.17, 15) is 18.8 Å². The standard InChI is InChI=1S/C22H23FN4O3/c23-16-11-9-15(10-12-16)19(28)7-3-8-20(29)24-13-4-14-25-21-17-5-1-2-6-18(17)22(30)27-26-21/h1-2,5-6,9-12H,3-4,7-8,13-14H2,(H,24,29)(H,25,26)(H,27,30). The van der Waals surface area contributed by atoms with Gasteiger partial charge < -0.3 is 10.6 Å². The van der Waals surface area contributed by atoms with Crippen molar-refractivity contribution in [3.63, 3.8) is 0 Å². The Labute approximate surface area is 172 Å². The third-order valence-electron chi connectivity index (χ3n) is 4.64. The lowest BCUT2D eigenvalue weighted by Gasteiger charge is -2.09. The Kier molecular flexibility index (Phi) is 7.26. The van der Waals surface area contributed by atoms with Crippen LogP contribution in [0.5, 0.6) is 0 Å². The molecule has 3 N–H and O–H groups in total. The second-order valence-corrected chi connectivity index (χ2v) is 6.86. The van der Waals surface area contributed by atoms with Gasteiger partial charge >= 0.3 is 0 Å². The Morgan fingerprint density at radius 2 is 1.67 bits per heavy atom. The van der Waals surface area contributed by atoms with E-state index in [0.717, 1.165) is 5.39 Å². The van der Waals surface area contributed by atoms with Gasteiger partial charge in [-0.25, -0.2) is 9.49 Å². The molecule has 2 aromatic carbocycles. The smallest absolute Gasteiger partial charge is 0.272 e. The average Bonchev–Trinajstić information content (AvgIpc) is 2.75. The van der Waals surface area contributed by atoms with Crippen LogP contribution >= 0.6 is 0 Å². The molecule has 0 bridgehead atoms. The minimum Gasteiger partial charge on any atom is -0.368 e. The first-order valence-corrected chi connectivity index (χ1v) is 9.81. The van der Waals surface area contributed by atoms with Gasteiger partial charge in [-0.05, 0) is 43.2 Å². The highest BCUT2D eigenvalue weighted by atomic mass is 19.1. The molecule has 7 nitrogen and oxygen atoms in total. The molecule has 0 saturated carbocycles. The molecule has 8 heteroatoms. The number of H-pyrrole nitrogens is 1. The number of nitrogens with one attached hydrogen (secondary N) is 3. The van der Waals surface area contributed by atoms with Gasteiger partial charge in [0.1, 0.15) is 5.82 Å². The fourth-order valence-electron chi connectivity index (χ4n) is 3.05. The van der Waals surface area contributed by atoms with Crippen molar-refractivity contribution in [2.24, 2.45) is 0 Å². The van der Waals surface area contributed by atoms with Crippen LogP contribution in [-0.2, 0) is 4.79 Å². The van der Waals surface area contributed by atoms with E-state index >= 15 is 0 Å². The molecule has 3 rings (SSSR count). The first-order chi connectivity index (χ1) is 14.5. The number of Topliss-reactive ketones (excluding diaryl/α,β-unsaturated/α-hetero) is 1. The van der Waals surface area contributed by atoms with Crippen molar-refractivity contribution in [3.8, 4) is 0 Å². The maximum Gasteiger partial charge on any atom is 0.272 e. The van der Waals surface area contributed by atoms with Crippen LogP contribution in [0.3, 0.4) is 0 Å². The summed E-state index contributed by atoms with van der Waals surface area (Å²) >= 11 is 0. The van der Waals surface area contributed by atoms with Crippen LogP contribution in [0.2, 0.25) is 0 Å². The molecular formula is C22H23FN4O3. The predicted octanol–water partition coefficient (Wildman–Crippen LogP) is 3.03. The van der Waals surface area contributed by atoms with Crippen LogP contribution in [0.4, 0.5) is 10.2 Å². The number of benzene rings is 2. The molecule has 0 saturated heterocycles. The topological polar surface area (TPSA) is 104 Å². The minimum absolute atomic E-state index is 0.104. The highest BCUT2D eigenvalue weighted by Gasteiger charge is 2.08. The molecule has 0 fully saturated rings. The summed E-state index contributed by atoms with van der Waals surface area (Å²) < 4.78 is 12.9. The number of aromatic amines is 1. The highest BCUT2D eigenvalue weighted by Crippen LogP contribution is 2.16. The lowest BCUT2D eigenvalue weighted by atomic mass is 10.1. The molecule has 3 aromatic rings. The summed E-state index contributed by atoms with van der Waals surface area (Å²) in [5.41, 5.74) is 0.215. The molecule has 1 amide bonds. The van der Waals surface area contributed by atoms with Gasteiger partial charge in [-0.1, -0.05) is 18.2 Å². The number of amides is 1. The lowest BCUT2D eigenvalue weighted by Crippen LogP contribution is -2.25. The van der Waals surface area contributed by atoms with Crippen molar-refractivity contribution in [3.05, 3.63) is 70.3 Å². The van der Waals surface area contributed by atoms with E-state index < -0.39 is 0 Å². The molecule has 156 valence electrons. The van der Waals surface area contributed by atoms with Crippen LogP contribution in [0.15, 0.2) is 53.3 Å². The molecule has 0 aliphatic heterocycles. The number of anilines is 1. The van der Waals surface area contributed by atoms with Gasteiger partial charge in [-0.2, -0.15) is 5.10 Å². The fraction of sp³-hybridized carbons (Fsp3) is 0.273. The number of carbonyl (C=O) groups excluding carboxylic acids is 2. The van der Waals surface area contributed by atoms with Crippen LogP contribution < -0.4 is 16.2 Å². The average molecular weight is 410 g/mol. The number of nitrogens with zero attached hydrogens (tertiary/aromatic N) is 1. The summed E-state index contributed by atoms with van der Waals surface area (Å²) in [5.74, 6) is -0.0112. The molecule has 0 unspecified atom stereocenters. The van der Waals surface area contributed by atoms with E-state index in [4.69, 9.17) is 0 Å². The van der Waals surface area contributed by atoms with Gasteiger partial charge in [-0.3, -0.25) is 14.4 Å². The normalized spacial score (nSPS) is 10.7. The zero-order valence-corrected chi connectivity index (χ0v) is 16.4. The number of hydrogen-bond donors (Lipinski definition) is 3. The third-order valence-corrected chi connectivity index (χ3v) is 4.64. The zero-order chi connectivity index (χ0) is 21.3. The number of fused-ring (bicyclic) bond motifs is 1. The molecule has 0 atom stereocenters. The zero-order valence-electron chi connectivity index (χ0n) is 16.4. The molecule has 30 heavy (non-hydrogen) atoms. The number of carbonyl (C=O) groups is 2. The van der Waals surface area contributed by atoms with Crippen molar-refractivity contribution in [2.45, 2.75) is 25.7 Å². The van der Waals surface area contributed by atoms with Crippen LogP contribution in [0, 0.1) is 5.82 Å². The first-order valence-electron chi connectivity index (χ1n) is 9.81.